The molecule has 1 N–H and O–H groups in total. The highest BCUT2D eigenvalue weighted by Crippen LogP contribution is 2.40. The monoisotopic (exact) mass is 264 g/mol. The molecule has 1 aliphatic carbocycles. The Bertz CT molecular complexity index is 384. The van der Waals surface area contributed by atoms with E-state index < -0.39 is 0 Å². The van der Waals surface area contributed by atoms with Crippen molar-refractivity contribution in [3.05, 3.63) is 35.6 Å². The lowest BCUT2D eigenvalue weighted by atomic mass is 10.0. The van der Waals surface area contributed by atoms with Crippen molar-refractivity contribution >= 4 is 0 Å². The molecule has 0 radical (unpaired) electrons. The Labute approximate surface area is 116 Å². The first-order chi connectivity index (χ1) is 9.08. The van der Waals surface area contributed by atoms with Crippen LogP contribution in [0.3, 0.4) is 0 Å². The first-order valence-electron chi connectivity index (χ1n) is 7.27. The fourth-order valence-electron chi connectivity index (χ4n) is 2.31. The number of nitrogens with zero attached hydrogens (tertiary/aromatic N) is 1. The summed E-state index contributed by atoms with van der Waals surface area (Å²) in [6.07, 6.45) is 2.57. The topological polar surface area (TPSA) is 15.3 Å². The Hall–Kier alpha value is -0.930. The average Bonchev–Trinajstić information content (AvgIpc) is 3.20. The average molecular weight is 264 g/mol. The summed E-state index contributed by atoms with van der Waals surface area (Å²) in [5.74, 6) is 0.577. The molecule has 1 saturated carbocycles. The lowest BCUT2D eigenvalue weighted by molar-refractivity contribution is 0.266. The van der Waals surface area contributed by atoms with Gasteiger partial charge in [-0.3, -0.25) is 0 Å². The molecule has 2 rings (SSSR count). The molecular weight excluding hydrogens is 239 g/mol. The number of hydrogen-bond acceptors (Lipinski definition) is 2. The van der Waals surface area contributed by atoms with Crippen LogP contribution in [0.2, 0.25) is 0 Å². The molecule has 19 heavy (non-hydrogen) atoms. The maximum atomic E-state index is 13.0. The summed E-state index contributed by atoms with van der Waals surface area (Å²) in [6, 6.07) is 7.92. The van der Waals surface area contributed by atoms with Gasteiger partial charge in [0.2, 0.25) is 0 Å². The van der Waals surface area contributed by atoms with Gasteiger partial charge >= 0.3 is 0 Å². The van der Waals surface area contributed by atoms with Crippen LogP contribution in [-0.2, 0) is 0 Å². The lowest BCUT2D eigenvalue weighted by Crippen LogP contribution is -2.35. The quantitative estimate of drug-likeness (QED) is 0.813. The van der Waals surface area contributed by atoms with E-state index in [9.17, 15) is 4.39 Å². The molecule has 1 aromatic carbocycles. The van der Waals surface area contributed by atoms with Gasteiger partial charge in [0.15, 0.2) is 0 Å². The van der Waals surface area contributed by atoms with E-state index in [1.165, 1.54) is 18.4 Å². The number of hydrogen-bond donors (Lipinski definition) is 1. The minimum Gasteiger partial charge on any atom is -0.308 e. The number of benzene rings is 1. The highest BCUT2D eigenvalue weighted by Gasteiger charge is 2.31. The van der Waals surface area contributed by atoms with Crippen LogP contribution in [0.25, 0.3) is 0 Å². The van der Waals surface area contributed by atoms with Gasteiger partial charge in [-0.05, 0) is 57.4 Å². The second kappa shape index (κ2) is 6.49. The predicted octanol–water partition coefficient (Wildman–Crippen LogP) is 3.21. The first-order valence-corrected chi connectivity index (χ1v) is 7.27. The minimum atomic E-state index is -0.155. The van der Waals surface area contributed by atoms with Gasteiger partial charge in [-0.2, -0.15) is 0 Å². The van der Waals surface area contributed by atoms with Crippen molar-refractivity contribution < 1.29 is 4.39 Å². The zero-order valence-electron chi connectivity index (χ0n) is 12.2. The fraction of sp³-hybridized carbons (Fsp3) is 0.625. The van der Waals surface area contributed by atoms with E-state index in [0.29, 0.717) is 12.1 Å². The molecule has 1 fully saturated rings. The number of rotatable bonds is 7. The second-order valence-corrected chi connectivity index (χ2v) is 5.90. The third kappa shape index (κ3) is 4.29. The second-order valence-electron chi connectivity index (χ2n) is 5.90. The normalized spacial score (nSPS) is 17.2. The van der Waals surface area contributed by atoms with Crippen molar-refractivity contribution in [2.75, 3.05) is 20.1 Å². The van der Waals surface area contributed by atoms with Gasteiger partial charge in [0.1, 0.15) is 5.82 Å². The Morgan fingerprint density at radius 1 is 1.26 bits per heavy atom. The minimum absolute atomic E-state index is 0.155. The van der Waals surface area contributed by atoms with Crippen LogP contribution in [0, 0.1) is 11.7 Å². The number of halogens is 1. The first kappa shape index (κ1) is 14.5. The molecular formula is C16H25FN2. The smallest absolute Gasteiger partial charge is 0.123 e. The Morgan fingerprint density at radius 3 is 2.42 bits per heavy atom. The molecule has 0 amide bonds. The maximum Gasteiger partial charge on any atom is 0.123 e. The van der Waals surface area contributed by atoms with Gasteiger partial charge in [-0.25, -0.2) is 4.39 Å². The molecule has 1 atom stereocenters. The molecule has 3 heteroatoms. The van der Waals surface area contributed by atoms with E-state index >= 15 is 0 Å². The highest BCUT2D eigenvalue weighted by atomic mass is 19.1. The largest absolute Gasteiger partial charge is 0.308 e. The van der Waals surface area contributed by atoms with E-state index in [4.69, 9.17) is 0 Å². The van der Waals surface area contributed by atoms with E-state index in [1.54, 1.807) is 12.1 Å². The van der Waals surface area contributed by atoms with Crippen molar-refractivity contribution in [1.29, 1.82) is 0 Å². The van der Waals surface area contributed by atoms with Crippen molar-refractivity contribution in [2.45, 2.75) is 38.8 Å². The molecule has 1 unspecified atom stereocenters. The van der Waals surface area contributed by atoms with Crippen molar-refractivity contribution in [2.24, 2.45) is 5.92 Å². The highest BCUT2D eigenvalue weighted by molar-refractivity contribution is 5.22. The summed E-state index contributed by atoms with van der Waals surface area (Å²) in [4.78, 5) is 2.33. The van der Waals surface area contributed by atoms with Crippen LogP contribution < -0.4 is 5.32 Å². The van der Waals surface area contributed by atoms with E-state index in [2.05, 4.69) is 31.1 Å². The zero-order chi connectivity index (χ0) is 13.8. The van der Waals surface area contributed by atoms with Gasteiger partial charge in [0, 0.05) is 25.2 Å². The molecule has 106 valence electrons. The molecule has 0 aromatic heterocycles. The molecule has 0 heterocycles. The standard InChI is InChI=1S/C16H25FN2/c1-12(2)19(3)11-10-18-16(13-4-5-13)14-6-8-15(17)9-7-14/h6-9,12-13,16,18H,4-5,10-11H2,1-3H3. The summed E-state index contributed by atoms with van der Waals surface area (Å²) in [5.41, 5.74) is 1.22. The summed E-state index contributed by atoms with van der Waals surface area (Å²) in [7, 11) is 2.15. The third-order valence-corrected chi connectivity index (χ3v) is 4.03. The molecule has 2 nitrogen and oxygen atoms in total. The number of likely N-dealkylation sites (N-methyl/N-ethyl adjacent to an activating group) is 1. The van der Waals surface area contributed by atoms with E-state index in [1.807, 2.05) is 12.1 Å². The van der Waals surface area contributed by atoms with Crippen molar-refractivity contribution in [1.82, 2.24) is 10.2 Å². The van der Waals surface area contributed by atoms with Crippen molar-refractivity contribution in [3.8, 4) is 0 Å². The van der Waals surface area contributed by atoms with Crippen LogP contribution in [0.4, 0.5) is 4.39 Å². The van der Waals surface area contributed by atoms with Crippen LogP contribution in [-0.4, -0.2) is 31.1 Å². The molecule has 0 bridgehead atoms. The molecule has 0 spiro atoms. The van der Waals surface area contributed by atoms with Crippen LogP contribution in [0.1, 0.15) is 38.3 Å². The Kier molecular flexibility index (Phi) is 4.94. The molecule has 0 aliphatic heterocycles. The fourth-order valence-corrected chi connectivity index (χ4v) is 2.31. The van der Waals surface area contributed by atoms with Crippen LogP contribution >= 0.6 is 0 Å². The molecule has 1 aromatic rings. The van der Waals surface area contributed by atoms with Crippen molar-refractivity contribution in [3.63, 3.8) is 0 Å². The summed E-state index contributed by atoms with van der Waals surface area (Å²) in [5, 5.41) is 3.64. The predicted molar refractivity (Wildman–Crippen MR) is 77.6 cm³/mol. The van der Waals surface area contributed by atoms with Gasteiger partial charge < -0.3 is 10.2 Å². The summed E-state index contributed by atoms with van der Waals surface area (Å²) >= 11 is 0. The number of nitrogens with one attached hydrogen (secondary N) is 1. The zero-order valence-corrected chi connectivity index (χ0v) is 12.2. The summed E-state index contributed by atoms with van der Waals surface area (Å²) < 4.78 is 13.0. The third-order valence-electron chi connectivity index (χ3n) is 4.03. The Morgan fingerprint density at radius 2 is 1.89 bits per heavy atom. The van der Waals surface area contributed by atoms with E-state index in [0.717, 1.165) is 19.0 Å². The van der Waals surface area contributed by atoms with Gasteiger partial charge in [0.05, 0.1) is 0 Å². The Balaban J connectivity index is 1.88. The molecule has 0 saturated heterocycles. The van der Waals surface area contributed by atoms with Crippen LogP contribution in [0.15, 0.2) is 24.3 Å². The SMILES string of the molecule is CC(C)N(C)CCNC(c1ccc(F)cc1)C1CC1. The lowest BCUT2D eigenvalue weighted by Gasteiger charge is -2.24. The van der Waals surface area contributed by atoms with Gasteiger partial charge in [0.25, 0.3) is 0 Å². The van der Waals surface area contributed by atoms with E-state index in [-0.39, 0.29) is 5.82 Å². The molecule has 1 aliphatic rings. The van der Waals surface area contributed by atoms with Gasteiger partial charge in [-0.1, -0.05) is 12.1 Å². The summed E-state index contributed by atoms with van der Waals surface area (Å²) in [6.45, 7) is 6.44. The maximum absolute atomic E-state index is 13.0. The van der Waals surface area contributed by atoms with Gasteiger partial charge in [-0.15, -0.1) is 0 Å². The van der Waals surface area contributed by atoms with Crippen LogP contribution in [0.5, 0.6) is 0 Å².